The Hall–Kier alpha value is -1.49. The lowest BCUT2D eigenvalue weighted by atomic mass is 10.2. The second-order valence-corrected chi connectivity index (χ2v) is 4.25. The molecule has 0 aliphatic heterocycles. The molecule has 0 fully saturated rings. The minimum Gasteiger partial charge on any atom is -0.381 e. The Kier molecular flexibility index (Phi) is 2.87. The summed E-state index contributed by atoms with van der Waals surface area (Å²) < 4.78 is 14.2. The molecule has 0 atom stereocenters. The fraction of sp³-hybridized carbons (Fsp3) is 0.0909. The van der Waals surface area contributed by atoms with Crippen LogP contribution in [0.3, 0.4) is 0 Å². The molecule has 2 rings (SSSR count). The van der Waals surface area contributed by atoms with Crippen molar-refractivity contribution in [3.05, 3.63) is 40.2 Å². The van der Waals surface area contributed by atoms with Gasteiger partial charge in [0.2, 0.25) is 0 Å². The largest absolute Gasteiger partial charge is 0.381 e. The van der Waals surface area contributed by atoms with E-state index in [1.165, 1.54) is 0 Å². The van der Waals surface area contributed by atoms with Crippen molar-refractivity contribution in [2.75, 3.05) is 5.73 Å². The predicted molar refractivity (Wildman–Crippen MR) is 64.3 cm³/mol. The molecule has 0 saturated heterocycles. The molecule has 0 saturated carbocycles. The number of hydrogen-bond donors (Lipinski definition) is 1. The molecule has 1 aromatic heterocycles. The SMILES string of the molecule is Cc1nc(-c2ccc(Br)cc2)nc(N)c1F. The molecule has 0 aliphatic rings. The van der Waals surface area contributed by atoms with Crippen LogP contribution in [0.25, 0.3) is 11.4 Å². The molecule has 3 nitrogen and oxygen atoms in total. The number of nitrogen functional groups attached to an aromatic ring is 1. The zero-order chi connectivity index (χ0) is 11.7. The molecular formula is C11H9BrFN3. The minimum atomic E-state index is -0.555. The smallest absolute Gasteiger partial charge is 0.186 e. The zero-order valence-electron chi connectivity index (χ0n) is 8.54. The van der Waals surface area contributed by atoms with Crippen LogP contribution in [-0.2, 0) is 0 Å². The molecule has 2 N–H and O–H groups in total. The fourth-order valence-electron chi connectivity index (χ4n) is 1.31. The van der Waals surface area contributed by atoms with Crippen molar-refractivity contribution in [1.82, 2.24) is 9.97 Å². The van der Waals surface area contributed by atoms with Gasteiger partial charge in [-0.25, -0.2) is 14.4 Å². The molecule has 82 valence electrons. The van der Waals surface area contributed by atoms with Crippen LogP contribution in [-0.4, -0.2) is 9.97 Å². The number of aromatic nitrogens is 2. The first kappa shape index (κ1) is 11.0. The van der Waals surface area contributed by atoms with Gasteiger partial charge in [0.1, 0.15) is 0 Å². The predicted octanol–water partition coefficient (Wildman–Crippen LogP) is 2.94. The maximum Gasteiger partial charge on any atom is 0.186 e. The maximum atomic E-state index is 13.2. The van der Waals surface area contributed by atoms with Gasteiger partial charge in [-0.15, -0.1) is 0 Å². The summed E-state index contributed by atoms with van der Waals surface area (Å²) in [6.07, 6.45) is 0. The van der Waals surface area contributed by atoms with E-state index >= 15 is 0 Å². The monoisotopic (exact) mass is 281 g/mol. The Morgan fingerprint density at radius 3 is 2.38 bits per heavy atom. The van der Waals surface area contributed by atoms with E-state index in [9.17, 15) is 4.39 Å². The summed E-state index contributed by atoms with van der Waals surface area (Å²) in [5, 5.41) is 0. The molecule has 1 heterocycles. The van der Waals surface area contributed by atoms with Gasteiger partial charge in [0.05, 0.1) is 5.69 Å². The van der Waals surface area contributed by atoms with Crippen molar-refractivity contribution in [2.24, 2.45) is 0 Å². The molecule has 5 heteroatoms. The molecule has 0 bridgehead atoms. The molecule has 1 aromatic carbocycles. The van der Waals surface area contributed by atoms with Crippen LogP contribution < -0.4 is 5.73 Å². The molecule has 0 spiro atoms. The fourth-order valence-corrected chi connectivity index (χ4v) is 1.57. The van der Waals surface area contributed by atoms with Gasteiger partial charge in [-0.3, -0.25) is 0 Å². The zero-order valence-corrected chi connectivity index (χ0v) is 10.1. The number of rotatable bonds is 1. The van der Waals surface area contributed by atoms with Crippen molar-refractivity contribution in [3.63, 3.8) is 0 Å². The molecule has 0 unspecified atom stereocenters. The lowest BCUT2D eigenvalue weighted by Crippen LogP contribution is -2.02. The number of nitrogens with zero attached hydrogens (tertiary/aromatic N) is 2. The lowest BCUT2D eigenvalue weighted by Gasteiger charge is -2.04. The van der Waals surface area contributed by atoms with E-state index in [1.807, 2.05) is 24.3 Å². The summed E-state index contributed by atoms with van der Waals surface area (Å²) in [4.78, 5) is 7.96. The number of hydrogen-bond acceptors (Lipinski definition) is 3. The van der Waals surface area contributed by atoms with E-state index < -0.39 is 5.82 Å². The van der Waals surface area contributed by atoms with Crippen LogP contribution in [0.5, 0.6) is 0 Å². The van der Waals surface area contributed by atoms with Crippen LogP contribution in [0.4, 0.5) is 10.2 Å². The highest BCUT2D eigenvalue weighted by molar-refractivity contribution is 9.10. The van der Waals surface area contributed by atoms with Gasteiger partial charge in [-0.05, 0) is 19.1 Å². The van der Waals surface area contributed by atoms with Crippen molar-refractivity contribution in [2.45, 2.75) is 6.92 Å². The van der Waals surface area contributed by atoms with E-state index in [0.29, 0.717) is 5.82 Å². The topological polar surface area (TPSA) is 51.8 Å². The van der Waals surface area contributed by atoms with Gasteiger partial charge in [0.15, 0.2) is 17.5 Å². The van der Waals surface area contributed by atoms with Crippen LogP contribution in [0.2, 0.25) is 0 Å². The highest BCUT2D eigenvalue weighted by Crippen LogP contribution is 2.21. The second-order valence-electron chi connectivity index (χ2n) is 3.34. The number of anilines is 1. The normalized spacial score (nSPS) is 10.4. The van der Waals surface area contributed by atoms with Gasteiger partial charge in [-0.1, -0.05) is 28.1 Å². The van der Waals surface area contributed by atoms with Crippen LogP contribution in [0, 0.1) is 12.7 Å². The summed E-state index contributed by atoms with van der Waals surface area (Å²) in [6.45, 7) is 1.57. The van der Waals surface area contributed by atoms with E-state index in [1.54, 1.807) is 6.92 Å². The average molecular weight is 282 g/mol. The van der Waals surface area contributed by atoms with Gasteiger partial charge < -0.3 is 5.73 Å². The standard InChI is InChI=1S/C11H9BrFN3/c1-6-9(13)10(14)16-11(15-6)7-2-4-8(12)5-3-7/h2-5H,1H3,(H2,14,15,16). The Bertz CT molecular complexity index is 502. The first-order valence-corrected chi connectivity index (χ1v) is 5.43. The number of benzene rings is 1. The summed E-state index contributed by atoms with van der Waals surface area (Å²) in [5.41, 5.74) is 6.51. The summed E-state index contributed by atoms with van der Waals surface area (Å²) >= 11 is 3.33. The van der Waals surface area contributed by atoms with Gasteiger partial charge in [-0.2, -0.15) is 0 Å². The van der Waals surface area contributed by atoms with Gasteiger partial charge in [0, 0.05) is 10.0 Å². The first-order chi connectivity index (χ1) is 7.58. The maximum absolute atomic E-state index is 13.2. The first-order valence-electron chi connectivity index (χ1n) is 4.63. The van der Waals surface area contributed by atoms with E-state index in [2.05, 4.69) is 25.9 Å². The number of nitrogens with two attached hydrogens (primary N) is 1. The second kappa shape index (κ2) is 4.17. The van der Waals surface area contributed by atoms with Crippen molar-refractivity contribution in [3.8, 4) is 11.4 Å². The third-order valence-electron chi connectivity index (χ3n) is 2.14. The summed E-state index contributed by atoms with van der Waals surface area (Å²) in [6, 6.07) is 7.42. The summed E-state index contributed by atoms with van der Waals surface area (Å²) in [5.74, 6) is -0.241. The summed E-state index contributed by atoms with van der Waals surface area (Å²) in [7, 11) is 0. The van der Waals surface area contributed by atoms with E-state index in [0.717, 1.165) is 10.0 Å². The van der Waals surface area contributed by atoms with E-state index in [4.69, 9.17) is 5.73 Å². The van der Waals surface area contributed by atoms with Gasteiger partial charge >= 0.3 is 0 Å². The van der Waals surface area contributed by atoms with Crippen molar-refractivity contribution in [1.29, 1.82) is 0 Å². The average Bonchev–Trinajstić information content (AvgIpc) is 2.26. The highest BCUT2D eigenvalue weighted by atomic mass is 79.9. The third-order valence-corrected chi connectivity index (χ3v) is 2.67. The van der Waals surface area contributed by atoms with E-state index in [-0.39, 0.29) is 11.5 Å². The highest BCUT2D eigenvalue weighted by Gasteiger charge is 2.09. The Labute approximate surface area is 101 Å². The van der Waals surface area contributed by atoms with Crippen LogP contribution >= 0.6 is 15.9 Å². The quantitative estimate of drug-likeness (QED) is 0.874. The lowest BCUT2D eigenvalue weighted by molar-refractivity contribution is 0.608. The third kappa shape index (κ3) is 2.04. The Balaban J connectivity index is 2.52. The Morgan fingerprint density at radius 2 is 1.81 bits per heavy atom. The minimum absolute atomic E-state index is 0.120. The Morgan fingerprint density at radius 1 is 1.19 bits per heavy atom. The molecule has 2 aromatic rings. The number of halogens is 2. The molecule has 0 radical (unpaired) electrons. The van der Waals surface area contributed by atoms with Crippen LogP contribution in [0.15, 0.2) is 28.7 Å². The molecule has 16 heavy (non-hydrogen) atoms. The van der Waals surface area contributed by atoms with Gasteiger partial charge in [0.25, 0.3) is 0 Å². The number of aryl methyl sites for hydroxylation is 1. The van der Waals surface area contributed by atoms with Crippen molar-refractivity contribution < 1.29 is 4.39 Å². The molecule has 0 aliphatic carbocycles. The van der Waals surface area contributed by atoms with Crippen LogP contribution in [0.1, 0.15) is 5.69 Å². The van der Waals surface area contributed by atoms with Crippen molar-refractivity contribution >= 4 is 21.7 Å². The molecular weight excluding hydrogens is 273 g/mol. The molecule has 0 amide bonds.